The average molecular weight is 601 g/mol. The van der Waals surface area contributed by atoms with E-state index in [1.165, 1.54) is 50.7 Å². The Labute approximate surface area is 270 Å². The van der Waals surface area contributed by atoms with E-state index in [1.54, 1.807) is 0 Å². The molecule has 0 spiro atoms. The van der Waals surface area contributed by atoms with Crippen LogP contribution in [0.1, 0.15) is 137 Å². The van der Waals surface area contributed by atoms with E-state index in [0.717, 1.165) is 57.4 Å². The quantitative estimate of drug-likeness (QED) is 0.0551. The van der Waals surface area contributed by atoms with E-state index in [1.807, 2.05) is 0 Å². The summed E-state index contributed by atoms with van der Waals surface area (Å²) in [5.74, 6) is -1.86. The molecule has 0 N–H and O–H groups in total. The van der Waals surface area contributed by atoms with Gasteiger partial charge in [-0.2, -0.15) is 0 Å². The molecule has 7 nitrogen and oxygen atoms in total. The molecule has 1 rings (SSSR count). The SMILES string of the molecule is CCCCC/C=C/CCCCCOC(=O)c1cccc(S(=O)(=O)[O-])c1C(=O)OCCCCC/C=C/CCCCC.[Na+]. The van der Waals surface area contributed by atoms with Crippen molar-refractivity contribution in [2.24, 2.45) is 0 Å². The summed E-state index contributed by atoms with van der Waals surface area (Å²) in [6.45, 7) is 4.56. The van der Waals surface area contributed by atoms with Crippen LogP contribution in [0.2, 0.25) is 0 Å². The molecule has 0 aromatic heterocycles. The number of carbonyl (C=O) groups excluding carboxylic acids is 2. The minimum atomic E-state index is -5.01. The maximum absolute atomic E-state index is 12.8. The normalized spacial score (nSPS) is 11.6. The summed E-state index contributed by atoms with van der Waals surface area (Å²) in [5, 5.41) is 0. The number of carbonyl (C=O) groups is 2. The molecule has 41 heavy (non-hydrogen) atoms. The molecule has 0 aliphatic rings. The zero-order chi connectivity index (χ0) is 29.5. The molecular weight excluding hydrogens is 551 g/mol. The molecule has 1 aromatic carbocycles. The molecule has 0 radical (unpaired) electrons. The van der Waals surface area contributed by atoms with Gasteiger partial charge in [0.1, 0.15) is 10.1 Å². The largest absolute Gasteiger partial charge is 1.00 e. The molecular formula is C32H49NaO7S. The first-order valence-corrected chi connectivity index (χ1v) is 16.5. The summed E-state index contributed by atoms with van der Waals surface area (Å²) in [7, 11) is -5.01. The van der Waals surface area contributed by atoms with E-state index in [0.29, 0.717) is 12.8 Å². The van der Waals surface area contributed by atoms with Crippen molar-refractivity contribution in [1.29, 1.82) is 0 Å². The summed E-state index contributed by atoms with van der Waals surface area (Å²) in [5.41, 5.74) is -0.823. The second kappa shape index (κ2) is 25.1. The number of hydrogen-bond acceptors (Lipinski definition) is 7. The number of rotatable bonds is 23. The van der Waals surface area contributed by atoms with Gasteiger partial charge >= 0.3 is 41.5 Å². The summed E-state index contributed by atoms with van der Waals surface area (Å²) in [6.07, 6.45) is 25.0. The fourth-order valence-electron chi connectivity index (χ4n) is 4.18. The van der Waals surface area contributed by atoms with Crippen molar-refractivity contribution in [3.8, 4) is 0 Å². The van der Waals surface area contributed by atoms with Gasteiger partial charge in [0.25, 0.3) is 0 Å². The molecule has 1 aromatic rings. The van der Waals surface area contributed by atoms with Crippen molar-refractivity contribution in [2.45, 2.75) is 121 Å². The van der Waals surface area contributed by atoms with Gasteiger partial charge in [-0.05, 0) is 89.2 Å². The van der Waals surface area contributed by atoms with Crippen LogP contribution in [0, 0.1) is 0 Å². The van der Waals surface area contributed by atoms with Gasteiger partial charge in [-0.1, -0.05) is 69.9 Å². The first-order valence-electron chi connectivity index (χ1n) is 15.1. The van der Waals surface area contributed by atoms with Gasteiger partial charge in [-0.15, -0.1) is 0 Å². The predicted octanol–water partition coefficient (Wildman–Crippen LogP) is 5.30. The number of allylic oxidation sites excluding steroid dienone is 4. The molecule has 0 unspecified atom stereocenters. The van der Waals surface area contributed by atoms with Crippen LogP contribution in [0.25, 0.3) is 0 Å². The third-order valence-corrected chi connectivity index (χ3v) is 7.38. The van der Waals surface area contributed by atoms with Crippen LogP contribution in [0.5, 0.6) is 0 Å². The van der Waals surface area contributed by atoms with Crippen LogP contribution < -0.4 is 29.6 Å². The predicted molar refractivity (Wildman–Crippen MR) is 158 cm³/mol. The standard InChI is InChI=1S/C32H50O7S.Na/c1-3-5-7-9-11-13-15-17-19-21-26-38-31(33)28-24-23-25-29(40(35,36)37)30(28)32(34)39-27-22-20-18-16-14-12-10-8-6-4-2;/h11-14,23-25H,3-10,15-22,26-27H2,1-2H3,(H,35,36,37);/q;+1/p-1/b13-11+,14-12+;. The Kier molecular flexibility index (Phi) is 24.2. The molecule has 0 atom stereocenters. The Bertz CT molecular complexity index is 1020. The number of esters is 2. The number of benzene rings is 1. The summed E-state index contributed by atoms with van der Waals surface area (Å²) >= 11 is 0. The topological polar surface area (TPSA) is 110 Å². The molecule has 0 aliphatic heterocycles. The van der Waals surface area contributed by atoms with Crippen LogP contribution in [-0.4, -0.2) is 38.1 Å². The van der Waals surface area contributed by atoms with Crippen molar-refractivity contribution < 1.29 is 61.6 Å². The van der Waals surface area contributed by atoms with Gasteiger partial charge in [0, 0.05) is 0 Å². The van der Waals surface area contributed by atoms with Crippen molar-refractivity contribution in [3.05, 3.63) is 53.6 Å². The third-order valence-electron chi connectivity index (χ3n) is 6.50. The fraction of sp³-hybridized carbons (Fsp3) is 0.625. The Morgan fingerprint density at radius 2 is 1.12 bits per heavy atom. The molecule has 0 saturated carbocycles. The molecule has 0 amide bonds. The van der Waals surface area contributed by atoms with Crippen molar-refractivity contribution in [3.63, 3.8) is 0 Å². The first kappa shape index (κ1) is 39.5. The van der Waals surface area contributed by atoms with Crippen LogP contribution in [-0.2, 0) is 19.6 Å². The van der Waals surface area contributed by atoms with Crippen LogP contribution >= 0.6 is 0 Å². The van der Waals surface area contributed by atoms with Crippen LogP contribution in [0.15, 0.2) is 47.4 Å². The van der Waals surface area contributed by atoms with Crippen molar-refractivity contribution in [1.82, 2.24) is 0 Å². The monoisotopic (exact) mass is 600 g/mol. The maximum atomic E-state index is 12.8. The Morgan fingerprint density at radius 1 is 0.683 bits per heavy atom. The van der Waals surface area contributed by atoms with Gasteiger partial charge in [0.05, 0.1) is 29.2 Å². The smallest absolute Gasteiger partial charge is 0.744 e. The second-order valence-electron chi connectivity index (χ2n) is 10.0. The second-order valence-corrected chi connectivity index (χ2v) is 11.4. The van der Waals surface area contributed by atoms with Crippen molar-refractivity contribution in [2.75, 3.05) is 13.2 Å². The van der Waals surface area contributed by atoms with Crippen LogP contribution in [0.3, 0.4) is 0 Å². The van der Waals surface area contributed by atoms with E-state index >= 15 is 0 Å². The minimum Gasteiger partial charge on any atom is -0.744 e. The number of ether oxygens (including phenoxy) is 2. The van der Waals surface area contributed by atoms with E-state index in [9.17, 15) is 22.6 Å². The van der Waals surface area contributed by atoms with Gasteiger partial charge < -0.3 is 14.0 Å². The zero-order valence-electron chi connectivity index (χ0n) is 25.5. The van der Waals surface area contributed by atoms with Gasteiger partial charge in [0.15, 0.2) is 0 Å². The average Bonchev–Trinajstić information content (AvgIpc) is 2.93. The molecule has 0 fully saturated rings. The van der Waals surface area contributed by atoms with Crippen LogP contribution in [0.4, 0.5) is 0 Å². The summed E-state index contributed by atoms with van der Waals surface area (Å²) < 4.78 is 46.0. The fourth-order valence-corrected chi connectivity index (χ4v) is 4.87. The van der Waals surface area contributed by atoms with Gasteiger partial charge in [-0.3, -0.25) is 0 Å². The van der Waals surface area contributed by atoms with E-state index in [2.05, 4.69) is 38.2 Å². The zero-order valence-corrected chi connectivity index (χ0v) is 28.4. The third kappa shape index (κ3) is 18.6. The molecule has 0 saturated heterocycles. The Balaban J connectivity index is 0.0000160. The van der Waals surface area contributed by atoms with Crippen molar-refractivity contribution >= 4 is 22.1 Å². The van der Waals surface area contributed by atoms with Gasteiger partial charge in [-0.25, -0.2) is 18.0 Å². The molecule has 0 aliphatic carbocycles. The molecule has 0 heterocycles. The Morgan fingerprint density at radius 3 is 1.56 bits per heavy atom. The maximum Gasteiger partial charge on any atom is 1.00 e. The Hall–Kier alpha value is -1.45. The molecule has 226 valence electrons. The summed E-state index contributed by atoms with van der Waals surface area (Å²) in [4.78, 5) is 24.8. The number of unbranched alkanes of at least 4 members (excludes halogenated alkanes) is 12. The molecule has 0 bridgehead atoms. The van der Waals surface area contributed by atoms with Gasteiger partial charge in [0.2, 0.25) is 0 Å². The van der Waals surface area contributed by atoms with E-state index in [-0.39, 0.29) is 48.3 Å². The van der Waals surface area contributed by atoms with E-state index in [4.69, 9.17) is 9.47 Å². The first-order chi connectivity index (χ1) is 19.3. The molecule has 9 heteroatoms. The van der Waals surface area contributed by atoms with E-state index < -0.39 is 32.5 Å². The minimum absolute atomic E-state index is 0. The number of hydrogen-bond donors (Lipinski definition) is 0. The summed E-state index contributed by atoms with van der Waals surface area (Å²) in [6, 6.07) is 3.54.